The van der Waals surface area contributed by atoms with Gasteiger partial charge in [-0.25, -0.2) is 0 Å². The highest BCUT2D eigenvalue weighted by atomic mass is 16.5. The predicted octanol–water partition coefficient (Wildman–Crippen LogP) is 4.81. The standard InChI is InChI=1S/C20H22N4O2/c1-12(2)16-7-5-6-13(3)19(16)23-20(25)17-11-15(8-9-21-17)22-18-10-14(4)26-24-18/h5-12H,1-4H3,(H,23,25)(H,21,22,24). The van der Waals surface area contributed by atoms with Crippen LogP contribution in [0.15, 0.2) is 47.1 Å². The number of nitrogens with zero attached hydrogens (tertiary/aromatic N) is 2. The number of anilines is 3. The van der Waals surface area contributed by atoms with Gasteiger partial charge < -0.3 is 15.2 Å². The third kappa shape index (κ3) is 3.91. The number of rotatable bonds is 5. The number of benzene rings is 1. The lowest BCUT2D eigenvalue weighted by molar-refractivity contribution is 0.102. The van der Waals surface area contributed by atoms with Crippen molar-refractivity contribution >= 4 is 23.1 Å². The van der Waals surface area contributed by atoms with Crippen LogP contribution in [-0.4, -0.2) is 16.0 Å². The number of para-hydroxylation sites is 1. The maximum atomic E-state index is 12.7. The minimum Gasteiger partial charge on any atom is -0.360 e. The van der Waals surface area contributed by atoms with Gasteiger partial charge in [-0.3, -0.25) is 9.78 Å². The topological polar surface area (TPSA) is 80.0 Å². The van der Waals surface area contributed by atoms with Gasteiger partial charge in [0.2, 0.25) is 0 Å². The van der Waals surface area contributed by atoms with E-state index in [9.17, 15) is 4.79 Å². The summed E-state index contributed by atoms with van der Waals surface area (Å²) in [6, 6.07) is 11.3. The number of amides is 1. The molecule has 0 saturated heterocycles. The number of carbonyl (C=O) groups is 1. The Balaban J connectivity index is 1.82. The van der Waals surface area contributed by atoms with Crippen molar-refractivity contribution in [3.63, 3.8) is 0 Å². The molecule has 0 bridgehead atoms. The lowest BCUT2D eigenvalue weighted by atomic mass is 9.98. The van der Waals surface area contributed by atoms with Crippen molar-refractivity contribution in [3.8, 4) is 0 Å². The number of nitrogens with one attached hydrogen (secondary N) is 2. The number of hydrogen-bond donors (Lipinski definition) is 2. The molecule has 6 heteroatoms. The molecule has 0 aliphatic heterocycles. The number of carbonyl (C=O) groups excluding carboxylic acids is 1. The molecular formula is C20H22N4O2. The Morgan fingerprint density at radius 2 is 1.96 bits per heavy atom. The van der Waals surface area contributed by atoms with Gasteiger partial charge in [0, 0.05) is 23.6 Å². The van der Waals surface area contributed by atoms with Crippen molar-refractivity contribution in [2.75, 3.05) is 10.6 Å². The molecule has 3 aromatic rings. The minimum absolute atomic E-state index is 0.249. The zero-order valence-electron chi connectivity index (χ0n) is 15.3. The molecule has 1 amide bonds. The average molecular weight is 350 g/mol. The quantitative estimate of drug-likeness (QED) is 0.690. The van der Waals surface area contributed by atoms with E-state index in [-0.39, 0.29) is 5.91 Å². The van der Waals surface area contributed by atoms with Gasteiger partial charge in [0.25, 0.3) is 5.91 Å². The Morgan fingerprint density at radius 3 is 2.65 bits per heavy atom. The molecule has 0 spiro atoms. The first-order valence-corrected chi connectivity index (χ1v) is 8.51. The lowest BCUT2D eigenvalue weighted by Crippen LogP contribution is -2.16. The lowest BCUT2D eigenvalue weighted by Gasteiger charge is -2.16. The molecule has 0 atom stereocenters. The molecule has 0 saturated carbocycles. The van der Waals surface area contributed by atoms with Gasteiger partial charge in [-0.1, -0.05) is 37.2 Å². The second kappa shape index (κ2) is 7.39. The first kappa shape index (κ1) is 17.7. The number of aromatic nitrogens is 2. The van der Waals surface area contributed by atoms with Gasteiger partial charge in [-0.15, -0.1) is 0 Å². The smallest absolute Gasteiger partial charge is 0.274 e. The summed E-state index contributed by atoms with van der Waals surface area (Å²) in [6.07, 6.45) is 1.59. The van der Waals surface area contributed by atoms with Crippen molar-refractivity contribution in [2.24, 2.45) is 0 Å². The third-order valence-corrected chi connectivity index (χ3v) is 4.06. The fourth-order valence-electron chi connectivity index (χ4n) is 2.73. The van der Waals surface area contributed by atoms with E-state index in [0.717, 1.165) is 16.8 Å². The molecule has 0 aliphatic carbocycles. The van der Waals surface area contributed by atoms with E-state index >= 15 is 0 Å². The van der Waals surface area contributed by atoms with Crippen LogP contribution >= 0.6 is 0 Å². The maximum absolute atomic E-state index is 12.7. The fourth-order valence-corrected chi connectivity index (χ4v) is 2.73. The van der Waals surface area contributed by atoms with Crippen molar-refractivity contribution in [1.29, 1.82) is 0 Å². The van der Waals surface area contributed by atoms with Crippen molar-refractivity contribution < 1.29 is 9.32 Å². The highest BCUT2D eigenvalue weighted by Gasteiger charge is 2.15. The summed E-state index contributed by atoms with van der Waals surface area (Å²) in [5.74, 6) is 1.35. The molecule has 0 radical (unpaired) electrons. The average Bonchev–Trinajstić information content (AvgIpc) is 3.01. The van der Waals surface area contributed by atoms with Crippen LogP contribution in [0.2, 0.25) is 0 Å². The molecule has 134 valence electrons. The zero-order chi connectivity index (χ0) is 18.7. The van der Waals surface area contributed by atoms with E-state index in [1.807, 2.05) is 32.0 Å². The van der Waals surface area contributed by atoms with E-state index < -0.39 is 0 Å². The largest absolute Gasteiger partial charge is 0.360 e. The van der Waals surface area contributed by atoms with Crippen LogP contribution in [0.5, 0.6) is 0 Å². The van der Waals surface area contributed by atoms with Gasteiger partial charge >= 0.3 is 0 Å². The van der Waals surface area contributed by atoms with Gasteiger partial charge in [0.1, 0.15) is 11.5 Å². The van der Waals surface area contributed by atoms with E-state index in [4.69, 9.17) is 4.52 Å². The van der Waals surface area contributed by atoms with Crippen LogP contribution in [0.25, 0.3) is 0 Å². The molecule has 6 nitrogen and oxygen atoms in total. The summed E-state index contributed by atoms with van der Waals surface area (Å²) in [5.41, 5.74) is 4.02. The highest BCUT2D eigenvalue weighted by Crippen LogP contribution is 2.28. The van der Waals surface area contributed by atoms with Crippen LogP contribution in [0.1, 0.15) is 47.1 Å². The van der Waals surface area contributed by atoms with E-state index in [1.165, 1.54) is 0 Å². The van der Waals surface area contributed by atoms with Crippen LogP contribution < -0.4 is 10.6 Å². The summed E-state index contributed by atoms with van der Waals surface area (Å²) in [5, 5.41) is 10.00. The molecule has 26 heavy (non-hydrogen) atoms. The second-order valence-corrected chi connectivity index (χ2v) is 6.53. The Hall–Kier alpha value is -3.15. The summed E-state index contributed by atoms with van der Waals surface area (Å²) < 4.78 is 5.03. The zero-order valence-corrected chi connectivity index (χ0v) is 15.3. The van der Waals surface area contributed by atoms with Crippen LogP contribution in [0.3, 0.4) is 0 Å². The molecule has 0 aliphatic rings. The Labute approximate surface area is 152 Å². The normalized spacial score (nSPS) is 10.8. The number of hydrogen-bond acceptors (Lipinski definition) is 5. The molecule has 2 heterocycles. The summed E-state index contributed by atoms with van der Waals surface area (Å²) in [6.45, 7) is 8.01. The first-order valence-electron chi connectivity index (χ1n) is 8.51. The summed E-state index contributed by atoms with van der Waals surface area (Å²) >= 11 is 0. The van der Waals surface area contributed by atoms with Gasteiger partial charge in [-0.05, 0) is 43.0 Å². The Bertz CT molecular complexity index is 931. The van der Waals surface area contributed by atoms with E-state index in [0.29, 0.717) is 28.9 Å². The highest BCUT2D eigenvalue weighted by molar-refractivity contribution is 6.04. The van der Waals surface area contributed by atoms with Crippen molar-refractivity contribution in [3.05, 3.63) is 65.2 Å². The Kier molecular flexibility index (Phi) is 5.02. The number of aryl methyl sites for hydroxylation is 2. The maximum Gasteiger partial charge on any atom is 0.274 e. The van der Waals surface area contributed by atoms with Crippen LogP contribution in [-0.2, 0) is 0 Å². The minimum atomic E-state index is -0.249. The molecule has 0 fully saturated rings. The van der Waals surface area contributed by atoms with Crippen molar-refractivity contribution in [2.45, 2.75) is 33.6 Å². The summed E-state index contributed by atoms with van der Waals surface area (Å²) in [4.78, 5) is 16.9. The van der Waals surface area contributed by atoms with Gasteiger partial charge in [0.05, 0.1) is 0 Å². The molecule has 1 aromatic carbocycles. The van der Waals surface area contributed by atoms with Gasteiger partial charge in [-0.2, -0.15) is 0 Å². The second-order valence-electron chi connectivity index (χ2n) is 6.53. The predicted molar refractivity (Wildman–Crippen MR) is 102 cm³/mol. The van der Waals surface area contributed by atoms with Crippen LogP contribution in [0.4, 0.5) is 17.2 Å². The van der Waals surface area contributed by atoms with Gasteiger partial charge in [0.15, 0.2) is 5.82 Å². The molecule has 3 rings (SSSR count). The van der Waals surface area contributed by atoms with Crippen LogP contribution in [0, 0.1) is 13.8 Å². The molecule has 2 N–H and O–H groups in total. The first-order chi connectivity index (χ1) is 12.4. The van der Waals surface area contributed by atoms with E-state index in [1.54, 1.807) is 24.4 Å². The third-order valence-electron chi connectivity index (χ3n) is 4.06. The number of pyridine rings is 1. The SMILES string of the molecule is Cc1cc(Nc2ccnc(C(=O)Nc3c(C)cccc3C(C)C)c2)no1. The molecular weight excluding hydrogens is 328 g/mol. The van der Waals surface area contributed by atoms with Crippen molar-refractivity contribution in [1.82, 2.24) is 10.1 Å². The van der Waals surface area contributed by atoms with E-state index in [2.05, 4.69) is 34.6 Å². The summed E-state index contributed by atoms with van der Waals surface area (Å²) in [7, 11) is 0. The fraction of sp³-hybridized carbons (Fsp3) is 0.250. The Morgan fingerprint density at radius 1 is 1.15 bits per heavy atom. The molecule has 0 unspecified atom stereocenters. The molecule has 2 aromatic heterocycles. The monoisotopic (exact) mass is 350 g/mol.